The minimum atomic E-state index is -0.195. The van der Waals surface area contributed by atoms with E-state index in [9.17, 15) is 4.79 Å². The number of esters is 1. The van der Waals surface area contributed by atoms with Crippen LogP contribution in [0.25, 0.3) is 0 Å². The third kappa shape index (κ3) is 5.33. The van der Waals surface area contributed by atoms with Gasteiger partial charge in [-0.1, -0.05) is 95.3 Å². The maximum absolute atomic E-state index is 12.6. The van der Waals surface area contributed by atoms with Gasteiger partial charge in [-0.2, -0.15) is 0 Å². The van der Waals surface area contributed by atoms with Crippen LogP contribution in [-0.4, -0.2) is 16.9 Å². The maximum atomic E-state index is 12.6. The van der Waals surface area contributed by atoms with Crippen molar-refractivity contribution in [3.8, 4) is 0 Å². The molecule has 4 rings (SSSR count). The first-order valence-electron chi connectivity index (χ1n) is 15.0. The van der Waals surface area contributed by atoms with Gasteiger partial charge in [0.2, 0.25) is 0 Å². The molecule has 0 bridgehead atoms. The Morgan fingerprint density at radius 1 is 1.03 bits per heavy atom. The predicted molar refractivity (Wildman–Crippen MR) is 150 cm³/mol. The van der Waals surface area contributed by atoms with Gasteiger partial charge in [0.25, 0.3) is 0 Å². The minimum absolute atomic E-state index is 0.0635. The number of alkyl halides is 1. The average molecular weight is 550 g/mol. The number of carbonyl (C=O) groups excluding carboxylic acids is 1. The summed E-state index contributed by atoms with van der Waals surface area (Å²) in [6.07, 6.45) is 17.1. The van der Waals surface area contributed by atoms with E-state index >= 15 is 0 Å². The summed E-state index contributed by atoms with van der Waals surface area (Å²) >= 11 is 3.54. The zero-order valence-electron chi connectivity index (χ0n) is 23.7. The van der Waals surface area contributed by atoms with Gasteiger partial charge in [0.05, 0.1) is 0 Å². The van der Waals surface area contributed by atoms with Crippen LogP contribution >= 0.6 is 15.9 Å². The molecule has 35 heavy (non-hydrogen) atoms. The lowest BCUT2D eigenvalue weighted by molar-refractivity contribution is -0.151. The van der Waals surface area contributed by atoms with Crippen LogP contribution in [0.15, 0.2) is 11.6 Å². The summed E-state index contributed by atoms with van der Waals surface area (Å²) in [5.74, 6) is 5.42. The lowest BCUT2D eigenvalue weighted by Gasteiger charge is -2.58. The van der Waals surface area contributed by atoms with Crippen molar-refractivity contribution in [2.24, 2.45) is 52.3 Å². The van der Waals surface area contributed by atoms with Crippen molar-refractivity contribution in [3.05, 3.63) is 11.6 Å². The van der Waals surface area contributed by atoms with E-state index in [-0.39, 0.29) is 22.8 Å². The number of hydrogen-bond donors (Lipinski definition) is 0. The smallest absolute Gasteiger partial charge is 0.320 e. The van der Waals surface area contributed by atoms with E-state index in [1.54, 1.807) is 5.57 Å². The molecule has 3 saturated carbocycles. The van der Waals surface area contributed by atoms with Gasteiger partial charge in [0.1, 0.15) is 10.9 Å². The molecule has 3 heteroatoms. The Kier molecular flexibility index (Phi) is 8.57. The number of carbonyl (C=O) groups is 1. The summed E-state index contributed by atoms with van der Waals surface area (Å²) in [6.45, 7) is 16.7. The quantitative estimate of drug-likeness (QED) is 0.171. The van der Waals surface area contributed by atoms with Gasteiger partial charge in [-0.3, -0.25) is 4.79 Å². The average Bonchev–Trinajstić information content (AvgIpc) is 3.15. The van der Waals surface area contributed by atoms with Gasteiger partial charge in [0.15, 0.2) is 0 Å². The maximum Gasteiger partial charge on any atom is 0.320 e. The molecular weight excluding hydrogens is 496 g/mol. The van der Waals surface area contributed by atoms with Gasteiger partial charge >= 0.3 is 5.97 Å². The lowest BCUT2D eigenvalue weighted by atomic mass is 9.47. The van der Waals surface area contributed by atoms with E-state index in [0.717, 1.165) is 48.3 Å². The Balaban J connectivity index is 1.43. The first kappa shape index (κ1) is 27.7. The number of hydrogen-bond acceptors (Lipinski definition) is 2. The SMILES string of the molecule is CC(C)CCC[C@@H](C)[C@H]1CC[C@H]2[C@H]3CC=C4C[C@@H](OC(=O)[C@H](Br)C(C)C)CC[C@]4(C)[C@@H]3CC[C@]12C. The highest BCUT2D eigenvalue weighted by atomic mass is 79.9. The molecule has 0 aliphatic heterocycles. The van der Waals surface area contributed by atoms with Crippen LogP contribution in [-0.2, 0) is 9.53 Å². The number of allylic oxidation sites excluding steroid dienone is 1. The molecule has 0 aromatic rings. The summed E-state index contributed by atoms with van der Waals surface area (Å²) < 4.78 is 5.99. The van der Waals surface area contributed by atoms with E-state index in [4.69, 9.17) is 4.74 Å². The number of rotatable bonds is 8. The number of halogens is 1. The molecule has 0 saturated heterocycles. The summed E-state index contributed by atoms with van der Waals surface area (Å²) in [7, 11) is 0. The van der Waals surface area contributed by atoms with E-state index < -0.39 is 0 Å². The van der Waals surface area contributed by atoms with E-state index in [2.05, 4.69) is 70.5 Å². The number of fused-ring (bicyclic) bond motifs is 5. The molecule has 200 valence electrons. The zero-order valence-corrected chi connectivity index (χ0v) is 25.3. The molecule has 3 fully saturated rings. The highest BCUT2D eigenvalue weighted by Gasteiger charge is 2.59. The molecule has 4 aliphatic rings. The van der Waals surface area contributed by atoms with Crippen LogP contribution in [0.5, 0.6) is 0 Å². The Morgan fingerprint density at radius 2 is 1.77 bits per heavy atom. The monoisotopic (exact) mass is 548 g/mol. The third-order valence-electron chi connectivity index (χ3n) is 11.4. The molecule has 0 radical (unpaired) electrons. The molecule has 0 unspecified atom stereocenters. The molecule has 0 amide bonds. The Labute approximate surface area is 224 Å². The Bertz CT molecular complexity index is 786. The summed E-state index contributed by atoms with van der Waals surface area (Å²) in [6, 6.07) is 0. The Morgan fingerprint density at radius 3 is 2.46 bits per heavy atom. The van der Waals surface area contributed by atoms with Crippen molar-refractivity contribution in [2.75, 3.05) is 0 Å². The van der Waals surface area contributed by atoms with Crippen LogP contribution in [0, 0.1) is 52.3 Å². The molecule has 0 heterocycles. The number of ether oxygens (including phenoxy) is 1. The molecule has 4 aliphatic carbocycles. The molecule has 0 N–H and O–H groups in total. The van der Waals surface area contributed by atoms with Crippen LogP contribution < -0.4 is 0 Å². The first-order valence-corrected chi connectivity index (χ1v) is 15.9. The van der Waals surface area contributed by atoms with Gasteiger partial charge in [0, 0.05) is 6.42 Å². The normalized spacial score (nSPS) is 40.5. The lowest BCUT2D eigenvalue weighted by Crippen LogP contribution is -2.51. The van der Waals surface area contributed by atoms with E-state index in [0.29, 0.717) is 10.8 Å². The van der Waals surface area contributed by atoms with Gasteiger partial charge in [-0.15, -0.1) is 0 Å². The second-order valence-corrected chi connectivity index (χ2v) is 15.2. The topological polar surface area (TPSA) is 26.3 Å². The summed E-state index contributed by atoms with van der Waals surface area (Å²) in [5.41, 5.74) is 2.48. The van der Waals surface area contributed by atoms with Crippen molar-refractivity contribution in [3.63, 3.8) is 0 Å². The standard InChI is InChI=1S/C32H53BrO2/c1-20(2)9-8-10-22(5)26-13-14-27-25-12-11-23-19-24(35-30(34)29(33)21(3)4)15-17-31(23,6)28(25)16-18-32(26,27)7/h11,20-22,24-29H,8-10,12-19H2,1-7H3/t22-,24+,25-,26-,27+,28-,29-,31+,32-/m1/s1. The second kappa shape index (κ2) is 10.8. The molecule has 0 aromatic heterocycles. The minimum Gasteiger partial charge on any atom is -0.461 e. The van der Waals surface area contributed by atoms with Crippen LogP contribution in [0.2, 0.25) is 0 Å². The van der Waals surface area contributed by atoms with E-state index in [1.807, 2.05) is 0 Å². The molecule has 9 atom stereocenters. The first-order chi connectivity index (χ1) is 16.5. The van der Waals surface area contributed by atoms with Crippen LogP contribution in [0.4, 0.5) is 0 Å². The fourth-order valence-electron chi connectivity index (χ4n) is 9.25. The van der Waals surface area contributed by atoms with Crippen LogP contribution in [0.3, 0.4) is 0 Å². The zero-order chi connectivity index (χ0) is 25.5. The van der Waals surface area contributed by atoms with Crippen molar-refractivity contribution < 1.29 is 9.53 Å². The molecule has 0 aromatic carbocycles. The Hall–Kier alpha value is -0.310. The van der Waals surface area contributed by atoms with Gasteiger partial charge < -0.3 is 4.74 Å². The second-order valence-electron chi connectivity index (χ2n) is 14.2. The van der Waals surface area contributed by atoms with Crippen molar-refractivity contribution in [2.45, 2.75) is 130 Å². The molecule has 2 nitrogen and oxygen atoms in total. The van der Waals surface area contributed by atoms with Crippen molar-refractivity contribution >= 4 is 21.9 Å². The van der Waals surface area contributed by atoms with Crippen LogP contribution in [0.1, 0.15) is 119 Å². The molecular formula is C32H53BrO2. The summed E-state index contributed by atoms with van der Waals surface area (Å²) in [4.78, 5) is 12.4. The van der Waals surface area contributed by atoms with Crippen molar-refractivity contribution in [1.82, 2.24) is 0 Å². The predicted octanol–water partition coefficient (Wildman–Crippen LogP) is 9.36. The van der Waals surface area contributed by atoms with Gasteiger partial charge in [-0.25, -0.2) is 0 Å². The fourth-order valence-corrected chi connectivity index (χ4v) is 9.36. The molecule has 0 spiro atoms. The van der Waals surface area contributed by atoms with Crippen molar-refractivity contribution in [1.29, 1.82) is 0 Å². The third-order valence-corrected chi connectivity index (χ3v) is 12.8. The highest BCUT2D eigenvalue weighted by molar-refractivity contribution is 9.10. The van der Waals surface area contributed by atoms with E-state index in [1.165, 1.54) is 57.8 Å². The highest BCUT2D eigenvalue weighted by Crippen LogP contribution is 2.67. The van der Waals surface area contributed by atoms with Gasteiger partial charge in [-0.05, 0) is 97.2 Å². The summed E-state index contributed by atoms with van der Waals surface area (Å²) in [5, 5.41) is 0. The fraction of sp³-hybridized carbons (Fsp3) is 0.906. The largest absolute Gasteiger partial charge is 0.461 e.